The molecule has 1 aliphatic heterocycles. The summed E-state index contributed by atoms with van der Waals surface area (Å²) < 4.78 is 10.9. The number of amides is 1. The van der Waals surface area contributed by atoms with Gasteiger partial charge in [0.2, 0.25) is 5.91 Å². The molecule has 1 aliphatic rings. The predicted octanol–water partition coefficient (Wildman–Crippen LogP) is 2.92. The van der Waals surface area contributed by atoms with Crippen molar-refractivity contribution in [3.05, 3.63) is 53.3 Å². The van der Waals surface area contributed by atoms with Gasteiger partial charge in [0.1, 0.15) is 0 Å². The summed E-state index contributed by atoms with van der Waals surface area (Å²) in [6.07, 6.45) is 7.15. The zero-order chi connectivity index (χ0) is 19.9. The summed E-state index contributed by atoms with van der Waals surface area (Å²) in [6, 6.07) is 7.66. The lowest BCUT2D eigenvalue weighted by molar-refractivity contribution is -0.377. The molecule has 1 aromatic heterocycles. The van der Waals surface area contributed by atoms with Crippen molar-refractivity contribution < 1.29 is 19.3 Å². The van der Waals surface area contributed by atoms with E-state index in [1.807, 2.05) is 42.4 Å². The van der Waals surface area contributed by atoms with Gasteiger partial charge in [0.15, 0.2) is 23.9 Å². The van der Waals surface area contributed by atoms with Gasteiger partial charge in [-0.3, -0.25) is 4.79 Å². The number of methoxy groups -OCH3 is 1. The van der Waals surface area contributed by atoms with E-state index >= 15 is 0 Å². The van der Waals surface area contributed by atoms with E-state index in [0.29, 0.717) is 36.2 Å². The van der Waals surface area contributed by atoms with Gasteiger partial charge in [-0.1, -0.05) is 11.6 Å². The number of piperazine rings is 1. The Hall–Kier alpha value is -2.73. The molecule has 6 nitrogen and oxygen atoms in total. The third-order valence-electron chi connectivity index (χ3n) is 4.62. The Labute approximate surface area is 170 Å². The van der Waals surface area contributed by atoms with Crippen LogP contribution in [-0.2, 0) is 4.79 Å². The Morgan fingerprint density at radius 2 is 1.93 bits per heavy atom. The van der Waals surface area contributed by atoms with Crippen molar-refractivity contribution in [2.24, 2.45) is 0 Å². The largest absolute Gasteiger partial charge is 0.493 e. The molecule has 3 rings (SSSR count). The van der Waals surface area contributed by atoms with Crippen molar-refractivity contribution in [2.45, 2.75) is 6.92 Å². The summed E-state index contributed by atoms with van der Waals surface area (Å²) in [4.78, 5) is 19.7. The third-order valence-corrected chi connectivity index (χ3v) is 4.90. The Morgan fingerprint density at radius 3 is 2.57 bits per heavy atom. The number of anilines is 1. The molecule has 148 valence electrons. The average molecular weight is 403 g/mol. The maximum atomic E-state index is 12.6. The molecule has 0 atom stereocenters. The highest BCUT2D eigenvalue weighted by atomic mass is 35.5. The number of hydrogen-bond donors (Lipinski definition) is 0. The van der Waals surface area contributed by atoms with Crippen LogP contribution < -0.4 is 19.4 Å². The van der Waals surface area contributed by atoms with Gasteiger partial charge >= 0.3 is 0 Å². The third kappa shape index (κ3) is 4.75. The van der Waals surface area contributed by atoms with Crippen LogP contribution in [0.25, 0.3) is 6.08 Å². The molecule has 2 heterocycles. The van der Waals surface area contributed by atoms with E-state index in [0.717, 1.165) is 24.3 Å². The summed E-state index contributed by atoms with van der Waals surface area (Å²) in [5.74, 6) is 1.06. The molecule has 1 amide bonds. The quantitative estimate of drug-likeness (QED) is 0.697. The molecule has 0 spiro atoms. The number of halogens is 1. The van der Waals surface area contributed by atoms with E-state index in [1.54, 1.807) is 25.3 Å². The van der Waals surface area contributed by atoms with Gasteiger partial charge in [0, 0.05) is 50.1 Å². The molecule has 1 N–H and O–H groups in total. The number of benzene rings is 1. The van der Waals surface area contributed by atoms with Crippen LogP contribution in [-0.4, -0.2) is 50.7 Å². The van der Waals surface area contributed by atoms with Crippen molar-refractivity contribution in [1.29, 1.82) is 0 Å². The van der Waals surface area contributed by atoms with Crippen LogP contribution in [0.3, 0.4) is 0 Å². The highest BCUT2D eigenvalue weighted by Crippen LogP contribution is 2.36. The topological polar surface area (TPSA) is 56.2 Å². The number of pyridine rings is 1. The zero-order valence-corrected chi connectivity index (χ0v) is 16.9. The second kappa shape index (κ2) is 9.46. The number of carbonyl (C=O) groups is 1. The molecule has 7 heteroatoms. The summed E-state index contributed by atoms with van der Waals surface area (Å²) >= 11 is 6.29. The lowest BCUT2D eigenvalue weighted by Gasteiger charge is -2.35. The van der Waals surface area contributed by atoms with Crippen LogP contribution in [0.4, 0.5) is 5.69 Å². The van der Waals surface area contributed by atoms with Gasteiger partial charge in [-0.15, -0.1) is 0 Å². The number of hydrogen-bond acceptors (Lipinski definition) is 4. The van der Waals surface area contributed by atoms with Crippen molar-refractivity contribution in [3.8, 4) is 11.5 Å². The van der Waals surface area contributed by atoms with Crippen LogP contribution in [0.5, 0.6) is 11.5 Å². The normalized spacial score (nSPS) is 14.4. The molecule has 0 bridgehead atoms. The second-order valence-electron chi connectivity index (χ2n) is 6.37. The van der Waals surface area contributed by atoms with Crippen molar-refractivity contribution in [2.75, 3.05) is 44.8 Å². The number of ether oxygens (including phenoxy) is 2. The maximum Gasteiger partial charge on any atom is 0.246 e. The standard InChI is InChI=1S/C21H24ClN3O3/c1-3-28-21-18(22)14-16(15-19(21)27-2)4-5-20(26)25-12-10-24(11-13-25)17-6-8-23-9-7-17/h4-9,14-15H,3,10-13H2,1-2H3/p+1/b5-4+. The van der Waals surface area contributed by atoms with E-state index in [-0.39, 0.29) is 5.91 Å². The molecular weight excluding hydrogens is 378 g/mol. The Kier molecular flexibility index (Phi) is 6.76. The van der Waals surface area contributed by atoms with Crippen LogP contribution in [0, 0.1) is 0 Å². The Balaban J connectivity index is 1.62. The SMILES string of the molecule is CCOc1c(Cl)cc(/C=C/C(=O)N2CCN(c3cc[nH+]cc3)CC2)cc1OC. The van der Waals surface area contributed by atoms with Crippen molar-refractivity contribution >= 4 is 29.3 Å². The van der Waals surface area contributed by atoms with Crippen LogP contribution in [0.2, 0.25) is 5.02 Å². The minimum Gasteiger partial charge on any atom is -0.493 e. The fourth-order valence-electron chi connectivity index (χ4n) is 3.17. The van der Waals surface area contributed by atoms with Crippen molar-refractivity contribution in [3.63, 3.8) is 0 Å². The summed E-state index contributed by atoms with van der Waals surface area (Å²) in [5, 5.41) is 0.460. The summed E-state index contributed by atoms with van der Waals surface area (Å²) in [5.41, 5.74) is 1.95. The smallest absolute Gasteiger partial charge is 0.246 e. The summed E-state index contributed by atoms with van der Waals surface area (Å²) in [6.45, 7) is 5.39. The minimum atomic E-state index is -0.00924. The first-order valence-electron chi connectivity index (χ1n) is 9.30. The maximum absolute atomic E-state index is 12.6. The lowest BCUT2D eigenvalue weighted by atomic mass is 10.1. The Morgan fingerprint density at radius 1 is 1.21 bits per heavy atom. The average Bonchev–Trinajstić information content (AvgIpc) is 2.74. The highest BCUT2D eigenvalue weighted by Gasteiger charge is 2.20. The van der Waals surface area contributed by atoms with Crippen LogP contribution in [0.15, 0.2) is 42.7 Å². The van der Waals surface area contributed by atoms with E-state index in [2.05, 4.69) is 9.88 Å². The van der Waals surface area contributed by atoms with E-state index in [1.165, 1.54) is 0 Å². The van der Waals surface area contributed by atoms with Crippen molar-refractivity contribution in [1.82, 2.24) is 4.90 Å². The molecule has 2 aromatic rings. The highest BCUT2D eigenvalue weighted by molar-refractivity contribution is 6.32. The molecule has 28 heavy (non-hydrogen) atoms. The van der Waals surface area contributed by atoms with E-state index < -0.39 is 0 Å². The number of nitrogens with zero attached hydrogens (tertiary/aromatic N) is 2. The number of rotatable bonds is 6. The lowest BCUT2D eigenvalue weighted by Crippen LogP contribution is -2.48. The molecule has 1 saturated heterocycles. The number of aromatic nitrogens is 1. The Bertz CT molecular complexity index is 834. The number of aromatic amines is 1. The van der Waals surface area contributed by atoms with Gasteiger partial charge in [-0.25, -0.2) is 4.98 Å². The second-order valence-corrected chi connectivity index (χ2v) is 6.78. The van der Waals surface area contributed by atoms with Gasteiger partial charge in [0.05, 0.1) is 18.7 Å². The molecule has 0 radical (unpaired) electrons. The summed E-state index contributed by atoms with van der Waals surface area (Å²) in [7, 11) is 1.57. The van der Waals surface area contributed by atoms with Gasteiger partial charge in [-0.2, -0.15) is 0 Å². The fourth-order valence-corrected chi connectivity index (χ4v) is 3.44. The van der Waals surface area contributed by atoms with E-state index in [4.69, 9.17) is 21.1 Å². The first kappa shape index (κ1) is 20.0. The molecule has 1 aromatic carbocycles. The van der Waals surface area contributed by atoms with Gasteiger partial charge in [-0.05, 0) is 30.7 Å². The predicted molar refractivity (Wildman–Crippen MR) is 110 cm³/mol. The molecule has 0 unspecified atom stereocenters. The minimum absolute atomic E-state index is 0.00924. The van der Waals surface area contributed by atoms with Gasteiger partial charge < -0.3 is 19.3 Å². The monoisotopic (exact) mass is 402 g/mol. The molecule has 0 saturated carbocycles. The molecule has 0 aliphatic carbocycles. The van der Waals surface area contributed by atoms with Gasteiger partial charge in [0.25, 0.3) is 0 Å². The molecular formula is C21H25ClN3O3+. The zero-order valence-electron chi connectivity index (χ0n) is 16.2. The van der Waals surface area contributed by atoms with Crippen LogP contribution >= 0.6 is 11.6 Å². The van der Waals surface area contributed by atoms with Crippen LogP contribution in [0.1, 0.15) is 12.5 Å². The molecule has 1 fully saturated rings. The fraction of sp³-hybridized carbons (Fsp3) is 0.333. The number of carbonyl (C=O) groups excluding carboxylic acids is 1. The van der Waals surface area contributed by atoms with E-state index in [9.17, 15) is 4.79 Å². The number of nitrogens with one attached hydrogen (secondary N) is 1. The first-order chi connectivity index (χ1) is 13.6. The number of H-pyrrole nitrogens is 1. The first-order valence-corrected chi connectivity index (χ1v) is 9.68.